The van der Waals surface area contributed by atoms with Gasteiger partial charge in [-0.1, -0.05) is 20.3 Å². The summed E-state index contributed by atoms with van der Waals surface area (Å²) in [6, 6.07) is -0.274. The molecule has 0 aromatic rings. The van der Waals surface area contributed by atoms with E-state index in [-0.39, 0.29) is 12.1 Å². The number of rotatable bonds is 8. The lowest BCUT2D eigenvalue weighted by Gasteiger charge is -2.28. The first kappa shape index (κ1) is 15.7. The van der Waals surface area contributed by atoms with Crippen molar-refractivity contribution in [1.29, 1.82) is 0 Å². The summed E-state index contributed by atoms with van der Waals surface area (Å²) in [5.74, 6) is -1.12. The van der Waals surface area contributed by atoms with E-state index in [2.05, 4.69) is 10.3 Å². The van der Waals surface area contributed by atoms with Crippen molar-refractivity contribution in [2.24, 2.45) is 0 Å². The first-order chi connectivity index (χ1) is 8.02. The SMILES string of the molecule is CCCCN(C(=O)NOCC(=O)O)C(C)CC. The number of amides is 2. The maximum atomic E-state index is 11.7. The van der Waals surface area contributed by atoms with Crippen LogP contribution in [0.3, 0.4) is 0 Å². The fraction of sp³-hybridized carbons (Fsp3) is 0.818. The van der Waals surface area contributed by atoms with Gasteiger partial charge in [-0.2, -0.15) is 0 Å². The molecule has 2 amide bonds. The van der Waals surface area contributed by atoms with Crippen LogP contribution in [-0.4, -0.2) is 41.2 Å². The van der Waals surface area contributed by atoms with Gasteiger partial charge in [-0.05, 0) is 19.8 Å². The Labute approximate surface area is 102 Å². The normalized spacial score (nSPS) is 11.9. The molecule has 0 radical (unpaired) electrons. The quantitative estimate of drug-likeness (QED) is 0.638. The van der Waals surface area contributed by atoms with Crippen molar-refractivity contribution in [2.45, 2.75) is 46.1 Å². The van der Waals surface area contributed by atoms with Crippen molar-refractivity contribution in [2.75, 3.05) is 13.2 Å². The van der Waals surface area contributed by atoms with Gasteiger partial charge in [0.1, 0.15) is 0 Å². The molecule has 0 spiro atoms. The van der Waals surface area contributed by atoms with Gasteiger partial charge in [0, 0.05) is 12.6 Å². The fourth-order valence-corrected chi connectivity index (χ4v) is 1.29. The van der Waals surface area contributed by atoms with Crippen molar-refractivity contribution >= 4 is 12.0 Å². The van der Waals surface area contributed by atoms with E-state index >= 15 is 0 Å². The lowest BCUT2D eigenvalue weighted by molar-refractivity contribution is -0.144. The molecule has 0 aromatic heterocycles. The molecule has 0 bridgehead atoms. The molecule has 1 atom stereocenters. The van der Waals surface area contributed by atoms with Gasteiger partial charge in [-0.25, -0.2) is 15.1 Å². The van der Waals surface area contributed by atoms with E-state index < -0.39 is 12.6 Å². The zero-order chi connectivity index (χ0) is 13.3. The largest absolute Gasteiger partial charge is 0.479 e. The molecule has 6 heteroatoms. The van der Waals surface area contributed by atoms with Crippen LogP contribution in [0.25, 0.3) is 0 Å². The second-order valence-electron chi connectivity index (χ2n) is 3.89. The van der Waals surface area contributed by atoms with E-state index in [1.165, 1.54) is 0 Å². The number of unbranched alkanes of at least 4 members (excludes halogenated alkanes) is 1. The Morgan fingerprint density at radius 1 is 1.41 bits per heavy atom. The van der Waals surface area contributed by atoms with Crippen molar-refractivity contribution in [3.05, 3.63) is 0 Å². The van der Waals surface area contributed by atoms with E-state index in [1.807, 2.05) is 20.8 Å². The highest BCUT2D eigenvalue weighted by Crippen LogP contribution is 2.06. The van der Waals surface area contributed by atoms with Crippen LogP contribution in [0.4, 0.5) is 4.79 Å². The number of carboxylic acids is 1. The van der Waals surface area contributed by atoms with Gasteiger partial charge in [0.2, 0.25) is 0 Å². The molecule has 0 aliphatic rings. The fourth-order valence-electron chi connectivity index (χ4n) is 1.29. The molecule has 0 rings (SSSR count). The van der Waals surface area contributed by atoms with E-state index in [4.69, 9.17) is 5.11 Å². The van der Waals surface area contributed by atoms with E-state index in [0.717, 1.165) is 19.3 Å². The van der Waals surface area contributed by atoms with Gasteiger partial charge in [0.25, 0.3) is 0 Å². The van der Waals surface area contributed by atoms with Crippen molar-refractivity contribution in [3.8, 4) is 0 Å². The van der Waals surface area contributed by atoms with Gasteiger partial charge in [0.05, 0.1) is 0 Å². The van der Waals surface area contributed by atoms with Gasteiger partial charge in [0.15, 0.2) is 6.61 Å². The minimum absolute atomic E-state index is 0.106. The van der Waals surface area contributed by atoms with Gasteiger partial charge < -0.3 is 10.0 Å². The number of hydrogen-bond donors (Lipinski definition) is 2. The summed E-state index contributed by atoms with van der Waals surface area (Å²) in [6.07, 6.45) is 2.75. The molecular formula is C11H22N2O4. The first-order valence-corrected chi connectivity index (χ1v) is 5.93. The summed E-state index contributed by atoms with van der Waals surface area (Å²) in [5.41, 5.74) is 2.14. The highest BCUT2D eigenvalue weighted by atomic mass is 16.7. The molecule has 100 valence electrons. The molecule has 0 aliphatic carbocycles. The van der Waals surface area contributed by atoms with Crippen LogP contribution in [0.2, 0.25) is 0 Å². The third-order valence-electron chi connectivity index (χ3n) is 2.49. The summed E-state index contributed by atoms with van der Waals surface area (Å²) in [7, 11) is 0. The Morgan fingerprint density at radius 3 is 2.53 bits per heavy atom. The Hall–Kier alpha value is -1.30. The second kappa shape index (κ2) is 8.81. The molecule has 2 N–H and O–H groups in total. The number of carboxylic acid groups (broad SMARTS) is 1. The molecule has 17 heavy (non-hydrogen) atoms. The maximum Gasteiger partial charge on any atom is 0.341 e. The average molecular weight is 246 g/mol. The number of carbonyl (C=O) groups is 2. The summed E-state index contributed by atoms with van der Waals surface area (Å²) < 4.78 is 0. The number of hydroxylamine groups is 1. The van der Waals surface area contributed by atoms with E-state index in [0.29, 0.717) is 6.54 Å². The van der Waals surface area contributed by atoms with Crippen LogP contribution in [0.1, 0.15) is 40.0 Å². The Morgan fingerprint density at radius 2 is 2.06 bits per heavy atom. The highest BCUT2D eigenvalue weighted by molar-refractivity contribution is 5.74. The summed E-state index contributed by atoms with van der Waals surface area (Å²) >= 11 is 0. The molecule has 6 nitrogen and oxygen atoms in total. The van der Waals surface area contributed by atoms with Gasteiger partial charge in [-0.3, -0.25) is 4.84 Å². The summed E-state index contributed by atoms with van der Waals surface area (Å²) in [4.78, 5) is 28.2. The van der Waals surface area contributed by atoms with Crippen LogP contribution in [0.5, 0.6) is 0 Å². The number of hydrogen-bond acceptors (Lipinski definition) is 3. The molecule has 0 saturated carbocycles. The predicted molar refractivity (Wildman–Crippen MR) is 63.5 cm³/mol. The molecule has 0 aliphatic heterocycles. The second-order valence-corrected chi connectivity index (χ2v) is 3.89. The monoisotopic (exact) mass is 246 g/mol. The number of nitrogens with one attached hydrogen (secondary N) is 1. The molecular weight excluding hydrogens is 224 g/mol. The zero-order valence-corrected chi connectivity index (χ0v) is 10.7. The van der Waals surface area contributed by atoms with E-state index in [9.17, 15) is 9.59 Å². The standard InChI is InChI=1S/C11H22N2O4/c1-4-6-7-13(9(3)5-2)11(16)12-17-8-10(14)15/h9H,4-8H2,1-3H3,(H,12,16)(H,14,15). The summed E-state index contributed by atoms with van der Waals surface area (Å²) in [6.45, 7) is 6.11. The number of carbonyl (C=O) groups excluding carboxylic acids is 1. The van der Waals surface area contributed by atoms with E-state index in [1.54, 1.807) is 4.90 Å². The Bertz CT molecular complexity index is 246. The van der Waals surface area contributed by atoms with Crippen LogP contribution in [0, 0.1) is 0 Å². The topological polar surface area (TPSA) is 78.9 Å². The van der Waals surface area contributed by atoms with Crippen molar-refractivity contribution in [1.82, 2.24) is 10.4 Å². The van der Waals surface area contributed by atoms with Crippen LogP contribution in [0.15, 0.2) is 0 Å². The average Bonchev–Trinajstić information content (AvgIpc) is 2.28. The smallest absolute Gasteiger partial charge is 0.341 e. The maximum absolute atomic E-state index is 11.7. The van der Waals surface area contributed by atoms with Crippen molar-refractivity contribution < 1.29 is 19.5 Å². The molecule has 0 saturated heterocycles. The molecule has 0 heterocycles. The molecule has 1 unspecified atom stereocenters. The number of aliphatic carboxylic acids is 1. The minimum Gasteiger partial charge on any atom is -0.479 e. The van der Waals surface area contributed by atoms with Crippen molar-refractivity contribution in [3.63, 3.8) is 0 Å². The van der Waals surface area contributed by atoms with Crippen LogP contribution < -0.4 is 5.48 Å². The predicted octanol–water partition coefficient (Wildman–Crippen LogP) is 1.61. The number of urea groups is 1. The lowest BCUT2D eigenvalue weighted by atomic mass is 10.2. The third-order valence-corrected chi connectivity index (χ3v) is 2.49. The Kier molecular flexibility index (Phi) is 8.13. The third kappa shape index (κ3) is 6.78. The summed E-state index contributed by atoms with van der Waals surface area (Å²) in [5, 5.41) is 8.37. The molecule has 0 fully saturated rings. The zero-order valence-electron chi connectivity index (χ0n) is 10.7. The van der Waals surface area contributed by atoms with Gasteiger partial charge >= 0.3 is 12.0 Å². The van der Waals surface area contributed by atoms with Crippen LogP contribution >= 0.6 is 0 Å². The first-order valence-electron chi connectivity index (χ1n) is 5.93. The lowest BCUT2D eigenvalue weighted by Crippen LogP contribution is -2.45. The Balaban J connectivity index is 4.16. The van der Waals surface area contributed by atoms with Gasteiger partial charge in [-0.15, -0.1) is 0 Å². The highest BCUT2D eigenvalue weighted by Gasteiger charge is 2.18. The number of nitrogens with zero attached hydrogens (tertiary/aromatic N) is 1. The molecule has 0 aromatic carbocycles. The van der Waals surface area contributed by atoms with Crippen LogP contribution in [-0.2, 0) is 9.63 Å². The minimum atomic E-state index is -1.12.